The third-order valence-electron chi connectivity index (χ3n) is 2.75. The number of carbonyl (C=O) groups excluding carboxylic acids is 1. The van der Waals surface area contributed by atoms with Crippen LogP contribution in [0.25, 0.3) is 0 Å². The zero-order chi connectivity index (χ0) is 14.0. The molecular formula is C12H14N4O3. The van der Waals surface area contributed by atoms with Gasteiger partial charge >= 0.3 is 5.97 Å². The van der Waals surface area contributed by atoms with Crippen LogP contribution in [0.3, 0.4) is 0 Å². The molecule has 2 aromatic heterocycles. The molecule has 0 spiro atoms. The predicted molar refractivity (Wildman–Crippen MR) is 66.1 cm³/mol. The van der Waals surface area contributed by atoms with Crippen molar-refractivity contribution < 1.29 is 14.7 Å². The van der Waals surface area contributed by atoms with E-state index in [1.165, 1.54) is 17.6 Å². The highest BCUT2D eigenvalue weighted by Crippen LogP contribution is 2.11. The van der Waals surface area contributed by atoms with Crippen molar-refractivity contribution in [3.05, 3.63) is 35.7 Å². The minimum atomic E-state index is -1.05. The Morgan fingerprint density at radius 3 is 2.68 bits per heavy atom. The smallest absolute Gasteiger partial charge is 0.352 e. The number of rotatable bonds is 5. The van der Waals surface area contributed by atoms with E-state index < -0.39 is 5.97 Å². The normalized spacial score (nSPS) is 10.6. The lowest BCUT2D eigenvalue weighted by molar-refractivity contribution is 0.0685. The Balaban J connectivity index is 2.18. The summed E-state index contributed by atoms with van der Waals surface area (Å²) in [6, 6.07) is 1.39. The summed E-state index contributed by atoms with van der Waals surface area (Å²) in [5, 5.41) is 13.2. The quantitative estimate of drug-likeness (QED) is 0.803. The molecule has 0 aliphatic heterocycles. The summed E-state index contributed by atoms with van der Waals surface area (Å²) in [4.78, 5) is 26.5. The van der Waals surface area contributed by atoms with Gasteiger partial charge in [-0.25, -0.2) is 9.78 Å². The maximum Gasteiger partial charge on any atom is 0.352 e. The molecule has 0 unspecified atom stereocenters. The van der Waals surface area contributed by atoms with Crippen LogP contribution in [0.15, 0.2) is 18.6 Å². The molecule has 2 heterocycles. The van der Waals surface area contributed by atoms with Gasteiger partial charge in [-0.3, -0.25) is 9.48 Å². The number of carbonyl (C=O) groups is 2. The third kappa shape index (κ3) is 2.87. The fraction of sp³-hybridized carbons (Fsp3) is 0.333. The maximum atomic E-state index is 11.3. The van der Waals surface area contributed by atoms with Crippen molar-refractivity contribution in [1.82, 2.24) is 19.3 Å². The van der Waals surface area contributed by atoms with E-state index >= 15 is 0 Å². The molecule has 0 saturated heterocycles. The molecule has 0 radical (unpaired) electrons. The Hall–Kier alpha value is -2.44. The molecule has 2 aromatic rings. The van der Waals surface area contributed by atoms with E-state index in [0.717, 1.165) is 0 Å². The third-order valence-corrected chi connectivity index (χ3v) is 2.75. The molecule has 0 aliphatic carbocycles. The van der Waals surface area contributed by atoms with Crippen molar-refractivity contribution in [2.45, 2.75) is 19.9 Å². The van der Waals surface area contributed by atoms with Gasteiger partial charge < -0.3 is 9.67 Å². The molecule has 0 bridgehead atoms. The zero-order valence-corrected chi connectivity index (χ0v) is 10.7. The standard InChI is InChI=1S/C12H14N4O3/c1-8(17)9-5-10(12(18)19)16(6-9)4-3-11-13-7-15(2)14-11/h5-7H,3-4H2,1-2H3,(H,18,19). The van der Waals surface area contributed by atoms with Crippen molar-refractivity contribution >= 4 is 11.8 Å². The summed E-state index contributed by atoms with van der Waals surface area (Å²) < 4.78 is 3.12. The highest BCUT2D eigenvalue weighted by molar-refractivity contribution is 5.97. The summed E-state index contributed by atoms with van der Waals surface area (Å²) in [6.45, 7) is 1.82. The Labute approximate surface area is 109 Å². The first-order valence-electron chi connectivity index (χ1n) is 5.76. The highest BCUT2D eigenvalue weighted by Gasteiger charge is 2.14. The SMILES string of the molecule is CC(=O)c1cc(C(=O)O)n(CCc2ncn(C)n2)c1. The first-order valence-corrected chi connectivity index (χ1v) is 5.76. The topological polar surface area (TPSA) is 90.0 Å². The van der Waals surface area contributed by atoms with E-state index in [0.29, 0.717) is 24.4 Å². The lowest BCUT2D eigenvalue weighted by atomic mass is 10.2. The Morgan fingerprint density at radius 1 is 1.42 bits per heavy atom. The van der Waals surface area contributed by atoms with Crippen LogP contribution in [0.1, 0.15) is 33.6 Å². The van der Waals surface area contributed by atoms with Crippen LogP contribution < -0.4 is 0 Å². The van der Waals surface area contributed by atoms with Crippen molar-refractivity contribution in [2.24, 2.45) is 7.05 Å². The van der Waals surface area contributed by atoms with Crippen LogP contribution in [-0.2, 0) is 20.0 Å². The van der Waals surface area contributed by atoms with Gasteiger partial charge in [0.15, 0.2) is 11.6 Å². The molecule has 100 valence electrons. The molecule has 0 amide bonds. The molecule has 19 heavy (non-hydrogen) atoms. The summed E-state index contributed by atoms with van der Waals surface area (Å²) in [6.07, 6.45) is 3.64. The Kier molecular flexibility index (Phi) is 3.46. The zero-order valence-electron chi connectivity index (χ0n) is 10.7. The van der Waals surface area contributed by atoms with Gasteiger partial charge in [-0.1, -0.05) is 0 Å². The van der Waals surface area contributed by atoms with Gasteiger partial charge in [-0.05, 0) is 13.0 Å². The lowest BCUT2D eigenvalue weighted by Gasteiger charge is -2.03. The molecular weight excluding hydrogens is 248 g/mol. The van der Waals surface area contributed by atoms with E-state index in [4.69, 9.17) is 5.11 Å². The van der Waals surface area contributed by atoms with Gasteiger partial charge in [0, 0.05) is 31.8 Å². The van der Waals surface area contributed by atoms with Crippen molar-refractivity contribution in [2.75, 3.05) is 0 Å². The Morgan fingerprint density at radius 2 is 2.16 bits per heavy atom. The maximum absolute atomic E-state index is 11.3. The fourth-order valence-corrected chi connectivity index (χ4v) is 1.79. The van der Waals surface area contributed by atoms with E-state index in [1.54, 1.807) is 24.3 Å². The van der Waals surface area contributed by atoms with Crippen LogP contribution in [0, 0.1) is 0 Å². The number of aromatic carboxylic acids is 1. The number of aromatic nitrogens is 4. The van der Waals surface area contributed by atoms with Crippen LogP contribution >= 0.6 is 0 Å². The first-order chi connectivity index (χ1) is 8.97. The van der Waals surface area contributed by atoms with Gasteiger partial charge in [0.05, 0.1) is 0 Å². The van der Waals surface area contributed by atoms with E-state index in [9.17, 15) is 9.59 Å². The van der Waals surface area contributed by atoms with Gasteiger partial charge in [0.2, 0.25) is 0 Å². The van der Waals surface area contributed by atoms with Gasteiger partial charge in [0.25, 0.3) is 0 Å². The highest BCUT2D eigenvalue weighted by atomic mass is 16.4. The number of carboxylic acid groups (broad SMARTS) is 1. The predicted octanol–water partition coefficient (Wildman–Crippen LogP) is 0.760. The van der Waals surface area contributed by atoms with Crippen molar-refractivity contribution in [3.63, 3.8) is 0 Å². The molecule has 0 aromatic carbocycles. The number of hydrogen-bond donors (Lipinski definition) is 1. The fourth-order valence-electron chi connectivity index (χ4n) is 1.79. The number of nitrogens with zero attached hydrogens (tertiary/aromatic N) is 4. The molecule has 7 heteroatoms. The Bertz CT molecular complexity index is 627. The lowest BCUT2D eigenvalue weighted by Crippen LogP contribution is -2.10. The minimum absolute atomic E-state index is 0.0983. The largest absolute Gasteiger partial charge is 0.477 e. The molecule has 0 saturated carbocycles. The van der Waals surface area contributed by atoms with E-state index in [-0.39, 0.29) is 11.5 Å². The van der Waals surface area contributed by atoms with Gasteiger partial charge in [-0.2, -0.15) is 5.10 Å². The van der Waals surface area contributed by atoms with Gasteiger partial charge in [0.1, 0.15) is 12.0 Å². The summed E-state index contributed by atoms with van der Waals surface area (Å²) >= 11 is 0. The van der Waals surface area contributed by atoms with E-state index in [1.807, 2.05) is 0 Å². The molecule has 2 rings (SSSR count). The number of hydrogen-bond acceptors (Lipinski definition) is 4. The number of carboxylic acids is 1. The molecule has 7 nitrogen and oxygen atoms in total. The van der Waals surface area contributed by atoms with Crippen LogP contribution in [0.2, 0.25) is 0 Å². The second-order valence-corrected chi connectivity index (χ2v) is 4.25. The molecule has 0 fully saturated rings. The van der Waals surface area contributed by atoms with Crippen LogP contribution in [0.5, 0.6) is 0 Å². The summed E-state index contributed by atoms with van der Waals surface area (Å²) in [7, 11) is 1.77. The number of ketones is 1. The number of Topliss-reactive ketones (excluding diaryl/α,β-unsaturated/α-hetero) is 1. The second kappa shape index (κ2) is 5.05. The van der Waals surface area contributed by atoms with Crippen molar-refractivity contribution in [3.8, 4) is 0 Å². The van der Waals surface area contributed by atoms with Crippen LogP contribution in [-0.4, -0.2) is 36.2 Å². The molecule has 1 N–H and O–H groups in total. The average molecular weight is 262 g/mol. The van der Waals surface area contributed by atoms with E-state index in [2.05, 4.69) is 10.1 Å². The molecule has 0 aliphatic rings. The van der Waals surface area contributed by atoms with Crippen LogP contribution in [0.4, 0.5) is 0 Å². The number of aryl methyl sites for hydroxylation is 3. The summed E-state index contributed by atoms with van der Waals surface area (Å²) in [5.41, 5.74) is 0.493. The monoisotopic (exact) mass is 262 g/mol. The van der Waals surface area contributed by atoms with Crippen molar-refractivity contribution in [1.29, 1.82) is 0 Å². The second-order valence-electron chi connectivity index (χ2n) is 4.25. The van der Waals surface area contributed by atoms with Gasteiger partial charge in [-0.15, -0.1) is 0 Å². The molecule has 0 atom stereocenters. The average Bonchev–Trinajstić information content (AvgIpc) is 2.92. The summed E-state index contributed by atoms with van der Waals surface area (Å²) in [5.74, 6) is -0.574. The minimum Gasteiger partial charge on any atom is -0.477 e. The first kappa shape index (κ1) is 13.0.